The second-order valence-corrected chi connectivity index (χ2v) is 8.15. The number of hydrogen-bond donors (Lipinski definition) is 2. The number of halogens is 1. The van der Waals surface area contributed by atoms with Crippen LogP contribution in [0.5, 0.6) is 0 Å². The van der Waals surface area contributed by atoms with Crippen LogP contribution in [0.15, 0.2) is 90.0 Å². The quantitative estimate of drug-likeness (QED) is 0.330. The lowest BCUT2D eigenvalue weighted by Gasteiger charge is -2.10. The Kier molecular flexibility index (Phi) is 6.75. The summed E-state index contributed by atoms with van der Waals surface area (Å²) in [5, 5.41) is 21.2. The van der Waals surface area contributed by atoms with Gasteiger partial charge in [-0.25, -0.2) is 9.48 Å². The molecule has 0 radical (unpaired) electrons. The minimum absolute atomic E-state index is 0.306. The molecule has 158 valence electrons. The molecular weight excluding hydrogens is 442 g/mol. The molecular formula is C24H18ClN5OS. The number of carbonyl (C=O) groups excluding carboxylic acids is 1. The summed E-state index contributed by atoms with van der Waals surface area (Å²) >= 11 is 7.35. The molecule has 3 aromatic carbocycles. The van der Waals surface area contributed by atoms with Gasteiger partial charge in [-0.2, -0.15) is 10.4 Å². The van der Waals surface area contributed by atoms with Gasteiger partial charge in [-0.15, -0.1) is 0 Å². The maximum atomic E-state index is 12.7. The third kappa shape index (κ3) is 5.11. The summed E-state index contributed by atoms with van der Waals surface area (Å²) in [4.78, 5) is 12.7. The third-order valence-electron chi connectivity index (χ3n) is 4.52. The van der Waals surface area contributed by atoms with Gasteiger partial charge in [0.25, 0.3) is 0 Å². The van der Waals surface area contributed by atoms with Gasteiger partial charge in [-0.3, -0.25) is 5.32 Å². The Morgan fingerprint density at radius 2 is 1.62 bits per heavy atom. The van der Waals surface area contributed by atoms with E-state index in [0.717, 1.165) is 11.3 Å². The van der Waals surface area contributed by atoms with E-state index in [1.54, 1.807) is 28.9 Å². The highest BCUT2D eigenvalue weighted by Gasteiger charge is 2.21. The number of amides is 2. The van der Waals surface area contributed by atoms with Crippen LogP contribution in [-0.4, -0.2) is 15.8 Å². The molecule has 32 heavy (non-hydrogen) atoms. The van der Waals surface area contributed by atoms with E-state index >= 15 is 0 Å². The van der Waals surface area contributed by atoms with Crippen LogP contribution in [0.4, 0.5) is 16.3 Å². The van der Waals surface area contributed by atoms with Gasteiger partial charge >= 0.3 is 6.03 Å². The van der Waals surface area contributed by atoms with Crippen molar-refractivity contribution in [3.05, 3.63) is 101 Å². The lowest BCUT2D eigenvalue weighted by molar-refractivity contribution is 0.262. The zero-order valence-corrected chi connectivity index (χ0v) is 18.4. The number of para-hydroxylation sites is 1. The molecule has 2 amide bonds. The van der Waals surface area contributed by atoms with Crippen LogP contribution in [0.2, 0.25) is 5.02 Å². The Bertz CT molecular complexity index is 1250. The molecule has 0 saturated heterocycles. The number of nitriles is 1. The van der Waals surface area contributed by atoms with E-state index in [1.807, 2.05) is 60.7 Å². The predicted octanol–water partition coefficient (Wildman–Crippen LogP) is 6.33. The van der Waals surface area contributed by atoms with Gasteiger partial charge in [0.2, 0.25) is 0 Å². The molecule has 4 aromatic rings. The van der Waals surface area contributed by atoms with Crippen LogP contribution in [0.25, 0.3) is 5.69 Å². The van der Waals surface area contributed by atoms with E-state index in [2.05, 4.69) is 21.8 Å². The zero-order valence-electron chi connectivity index (χ0n) is 16.8. The number of thioether (sulfide) groups is 1. The molecule has 0 aliphatic carbocycles. The average molecular weight is 460 g/mol. The summed E-state index contributed by atoms with van der Waals surface area (Å²) in [6, 6.07) is 27.8. The number of nitrogens with zero attached hydrogens (tertiary/aromatic N) is 3. The van der Waals surface area contributed by atoms with Crippen molar-refractivity contribution in [1.29, 1.82) is 5.26 Å². The van der Waals surface area contributed by atoms with E-state index < -0.39 is 6.03 Å². The average Bonchev–Trinajstić information content (AvgIpc) is 3.17. The van der Waals surface area contributed by atoms with E-state index in [4.69, 9.17) is 11.6 Å². The Morgan fingerprint density at radius 3 is 2.28 bits per heavy atom. The number of rotatable bonds is 6. The van der Waals surface area contributed by atoms with Crippen molar-refractivity contribution in [3.8, 4) is 11.8 Å². The number of nitrogens with one attached hydrogen (secondary N) is 2. The van der Waals surface area contributed by atoms with E-state index in [9.17, 15) is 10.1 Å². The Hall–Kier alpha value is -3.73. The smallest absolute Gasteiger partial charge is 0.308 e. The molecule has 0 saturated carbocycles. The number of benzene rings is 3. The first-order valence-electron chi connectivity index (χ1n) is 9.73. The van der Waals surface area contributed by atoms with Gasteiger partial charge in [0.05, 0.1) is 5.69 Å². The molecule has 0 aliphatic rings. The molecule has 1 aromatic heterocycles. The minimum Gasteiger partial charge on any atom is -0.308 e. The number of urea groups is 1. The standard InChI is InChI=1S/C24H18ClN5OS/c25-18-11-13-19(14-12-18)27-24(31)28-22-21(15-26)23(32-16-17-7-3-1-4-8-17)29-30(22)20-9-5-2-6-10-20/h1-14H,16H2,(H2,27,28,31). The predicted molar refractivity (Wildman–Crippen MR) is 128 cm³/mol. The molecule has 4 rings (SSSR count). The van der Waals surface area contributed by atoms with Gasteiger partial charge in [0.15, 0.2) is 5.82 Å². The molecule has 1 heterocycles. The summed E-state index contributed by atoms with van der Waals surface area (Å²) in [6.07, 6.45) is 0. The normalized spacial score (nSPS) is 10.4. The van der Waals surface area contributed by atoms with Crippen LogP contribution >= 0.6 is 23.4 Å². The van der Waals surface area contributed by atoms with Crippen LogP contribution < -0.4 is 10.6 Å². The summed E-state index contributed by atoms with van der Waals surface area (Å²) in [5.74, 6) is 0.957. The number of carbonyl (C=O) groups is 1. The summed E-state index contributed by atoms with van der Waals surface area (Å²) < 4.78 is 1.58. The lowest BCUT2D eigenvalue weighted by Crippen LogP contribution is -2.21. The van der Waals surface area contributed by atoms with Crippen LogP contribution in [0.1, 0.15) is 11.1 Å². The fraction of sp³-hybridized carbons (Fsp3) is 0.0417. The SMILES string of the molecule is N#Cc1c(SCc2ccccc2)nn(-c2ccccc2)c1NC(=O)Nc1ccc(Cl)cc1. The van der Waals surface area contributed by atoms with E-state index in [0.29, 0.717) is 32.9 Å². The number of anilines is 2. The van der Waals surface area contributed by atoms with Crippen molar-refractivity contribution >= 4 is 40.9 Å². The number of aromatic nitrogens is 2. The fourth-order valence-corrected chi connectivity index (χ4v) is 4.05. The van der Waals surface area contributed by atoms with Crippen LogP contribution in [-0.2, 0) is 5.75 Å². The van der Waals surface area contributed by atoms with Gasteiger partial charge < -0.3 is 5.32 Å². The van der Waals surface area contributed by atoms with Crippen molar-refractivity contribution in [1.82, 2.24) is 9.78 Å². The molecule has 8 heteroatoms. The molecule has 0 fully saturated rings. The largest absolute Gasteiger partial charge is 0.324 e. The van der Waals surface area contributed by atoms with Crippen LogP contribution in [0.3, 0.4) is 0 Å². The lowest BCUT2D eigenvalue weighted by atomic mass is 10.2. The Balaban J connectivity index is 1.64. The highest BCUT2D eigenvalue weighted by atomic mass is 35.5. The Labute approximate surface area is 194 Å². The summed E-state index contributed by atoms with van der Waals surface area (Å²) in [5.41, 5.74) is 2.74. The molecule has 0 bridgehead atoms. The molecule has 0 aliphatic heterocycles. The molecule has 6 nitrogen and oxygen atoms in total. The minimum atomic E-state index is -0.486. The fourth-order valence-electron chi connectivity index (χ4n) is 3.00. The second-order valence-electron chi connectivity index (χ2n) is 6.75. The molecule has 0 unspecified atom stereocenters. The monoisotopic (exact) mass is 459 g/mol. The third-order valence-corrected chi connectivity index (χ3v) is 5.81. The van der Waals surface area contributed by atoms with Gasteiger partial charge in [0.1, 0.15) is 16.7 Å². The molecule has 0 atom stereocenters. The molecule has 2 N–H and O–H groups in total. The van der Waals surface area contributed by atoms with Crippen molar-refractivity contribution < 1.29 is 4.79 Å². The van der Waals surface area contributed by atoms with Crippen molar-refractivity contribution in [2.45, 2.75) is 10.8 Å². The second kappa shape index (κ2) is 10.1. The highest BCUT2D eigenvalue weighted by molar-refractivity contribution is 7.98. The highest BCUT2D eigenvalue weighted by Crippen LogP contribution is 2.32. The maximum Gasteiger partial charge on any atom is 0.324 e. The Morgan fingerprint density at radius 1 is 0.969 bits per heavy atom. The first-order valence-corrected chi connectivity index (χ1v) is 11.1. The summed E-state index contributed by atoms with van der Waals surface area (Å²) in [7, 11) is 0. The first kappa shape index (κ1) is 21.5. The van der Waals surface area contributed by atoms with Gasteiger partial charge in [-0.05, 0) is 42.0 Å². The van der Waals surface area contributed by atoms with Crippen molar-refractivity contribution in [2.24, 2.45) is 0 Å². The number of hydrogen-bond acceptors (Lipinski definition) is 4. The molecule has 0 spiro atoms. The topological polar surface area (TPSA) is 82.7 Å². The summed E-state index contributed by atoms with van der Waals surface area (Å²) in [6.45, 7) is 0. The van der Waals surface area contributed by atoms with Crippen molar-refractivity contribution in [2.75, 3.05) is 10.6 Å². The van der Waals surface area contributed by atoms with E-state index in [-0.39, 0.29) is 0 Å². The van der Waals surface area contributed by atoms with Crippen molar-refractivity contribution in [3.63, 3.8) is 0 Å². The van der Waals surface area contributed by atoms with Gasteiger partial charge in [0, 0.05) is 16.5 Å². The first-order chi connectivity index (χ1) is 15.6. The van der Waals surface area contributed by atoms with Gasteiger partial charge in [-0.1, -0.05) is 71.9 Å². The zero-order chi connectivity index (χ0) is 22.3. The maximum absolute atomic E-state index is 12.7. The van der Waals surface area contributed by atoms with E-state index in [1.165, 1.54) is 11.8 Å². The van der Waals surface area contributed by atoms with Crippen LogP contribution in [0, 0.1) is 11.3 Å².